The van der Waals surface area contributed by atoms with Crippen molar-refractivity contribution in [1.29, 1.82) is 0 Å². The summed E-state index contributed by atoms with van der Waals surface area (Å²) in [7, 11) is 0. The van der Waals surface area contributed by atoms with Crippen molar-refractivity contribution in [2.24, 2.45) is 0 Å². The molecule has 0 bridgehead atoms. The van der Waals surface area contributed by atoms with Crippen LogP contribution < -0.4 is 5.32 Å². The van der Waals surface area contributed by atoms with Crippen molar-refractivity contribution in [1.82, 2.24) is 5.32 Å². The number of hydrogen-bond donors (Lipinski definition) is 12. The smallest absolute Gasteiger partial charge is 0.220 e. The lowest BCUT2D eigenvalue weighted by molar-refractivity contribution is -0.379. The Morgan fingerprint density at radius 2 is 0.711 bits per heavy atom. The number of aliphatic hydroxyl groups is 11. The molecule has 12 N–H and O–H groups in total. The normalized spacial score (nSPS) is 27.5. The second-order valence-corrected chi connectivity index (χ2v) is 26.4. The molecule has 0 aromatic carbocycles. The molecule has 0 aliphatic carbocycles. The molecular formula is C78H133NO18. The van der Waals surface area contributed by atoms with Gasteiger partial charge in [-0.25, -0.2) is 0 Å². The largest absolute Gasteiger partial charge is 0.394 e. The van der Waals surface area contributed by atoms with Crippen LogP contribution in [0.5, 0.6) is 0 Å². The molecule has 3 rings (SSSR count). The van der Waals surface area contributed by atoms with E-state index in [0.29, 0.717) is 6.42 Å². The van der Waals surface area contributed by atoms with Gasteiger partial charge in [0.2, 0.25) is 5.91 Å². The number of allylic oxidation sites excluding steroid dienone is 17. The molecule has 97 heavy (non-hydrogen) atoms. The second-order valence-electron chi connectivity index (χ2n) is 26.4. The third-order valence-electron chi connectivity index (χ3n) is 18.1. The predicted molar refractivity (Wildman–Crippen MR) is 383 cm³/mol. The van der Waals surface area contributed by atoms with Crippen LogP contribution in [-0.2, 0) is 33.2 Å². The molecule has 3 aliphatic rings. The third-order valence-corrected chi connectivity index (χ3v) is 18.1. The lowest BCUT2D eigenvalue weighted by Crippen LogP contribution is -2.66. The molecule has 3 saturated heterocycles. The number of rotatable bonds is 57. The maximum Gasteiger partial charge on any atom is 0.220 e. The van der Waals surface area contributed by atoms with Gasteiger partial charge in [-0.1, -0.05) is 264 Å². The molecule has 0 aromatic heterocycles. The zero-order chi connectivity index (χ0) is 70.4. The van der Waals surface area contributed by atoms with E-state index in [0.717, 1.165) is 103 Å². The van der Waals surface area contributed by atoms with Gasteiger partial charge in [0.25, 0.3) is 0 Å². The van der Waals surface area contributed by atoms with E-state index in [-0.39, 0.29) is 18.9 Å². The molecule has 19 nitrogen and oxygen atoms in total. The fourth-order valence-corrected chi connectivity index (χ4v) is 12.0. The minimum Gasteiger partial charge on any atom is -0.394 e. The van der Waals surface area contributed by atoms with Crippen molar-refractivity contribution < 1.29 is 89.4 Å². The van der Waals surface area contributed by atoms with Gasteiger partial charge in [-0.15, -0.1) is 0 Å². The van der Waals surface area contributed by atoms with E-state index < -0.39 is 124 Å². The van der Waals surface area contributed by atoms with E-state index in [4.69, 9.17) is 28.4 Å². The number of amides is 1. The molecule has 0 spiro atoms. The Bertz CT molecular complexity index is 2180. The highest BCUT2D eigenvalue weighted by Gasteiger charge is 2.53. The highest BCUT2D eigenvalue weighted by Crippen LogP contribution is 2.33. The molecule has 3 aliphatic heterocycles. The molecule has 3 fully saturated rings. The van der Waals surface area contributed by atoms with Gasteiger partial charge in [-0.05, 0) is 83.5 Å². The average Bonchev–Trinajstić information content (AvgIpc) is 0.789. The van der Waals surface area contributed by atoms with Crippen molar-refractivity contribution in [2.45, 2.75) is 349 Å². The van der Waals surface area contributed by atoms with Crippen molar-refractivity contribution in [3.05, 3.63) is 109 Å². The summed E-state index contributed by atoms with van der Waals surface area (Å²) in [5, 5.41) is 121. The summed E-state index contributed by atoms with van der Waals surface area (Å²) in [5.41, 5.74) is 0. The monoisotopic (exact) mass is 1370 g/mol. The first-order chi connectivity index (χ1) is 47.3. The number of carbonyl (C=O) groups is 1. The number of ether oxygens (including phenoxy) is 6. The summed E-state index contributed by atoms with van der Waals surface area (Å²) in [5.74, 6) is -0.303. The molecule has 19 heteroatoms. The second kappa shape index (κ2) is 58.0. The van der Waals surface area contributed by atoms with E-state index >= 15 is 0 Å². The molecule has 17 atom stereocenters. The summed E-state index contributed by atoms with van der Waals surface area (Å²) in [4.78, 5) is 13.4. The van der Waals surface area contributed by atoms with Crippen LogP contribution in [0.2, 0.25) is 0 Å². The van der Waals surface area contributed by atoms with Crippen molar-refractivity contribution >= 4 is 5.91 Å². The molecule has 558 valence electrons. The molecule has 3 heterocycles. The van der Waals surface area contributed by atoms with Crippen LogP contribution in [0.25, 0.3) is 0 Å². The van der Waals surface area contributed by atoms with Crippen LogP contribution in [-0.4, -0.2) is 193 Å². The Balaban J connectivity index is 1.43. The highest BCUT2D eigenvalue weighted by molar-refractivity contribution is 5.76. The number of aliphatic hydroxyl groups excluding tert-OH is 11. The van der Waals surface area contributed by atoms with Gasteiger partial charge in [0.05, 0.1) is 38.6 Å². The van der Waals surface area contributed by atoms with Crippen LogP contribution in [0, 0.1) is 0 Å². The van der Waals surface area contributed by atoms with Gasteiger partial charge >= 0.3 is 0 Å². The quantitative estimate of drug-likeness (QED) is 0.0199. The van der Waals surface area contributed by atoms with E-state index in [2.05, 4.69) is 116 Å². The summed E-state index contributed by atoms with van der Waals surface area (Å²) in [6.45, 7) is 1.61. The molecule has 0 saturated carbocycles. The average molecular weight is 1370 g/mol. The zero-order valence-corrected chi connectivity index (χ0v) is 59.3. The van der Waals surface area contributed by atoms with E-state index in [1.165, 1.54) is 116 Å². The molecule has 0 radical (unpaired) electrons. The summed E-state index contributed by atoms with van der Waals surface area (Å²) in [6, 6.07) is -0.997. The Morgan fingerprint density at radius 1 is 0.381 bits per heavy atom. The fraction of sp³-hybridized carbons (Fsp3) is 0.756. The molecule has 17 unspecified atom stereocenters. The van der Waals surface area contributed by atoms with Gasteiger partial charge < -0.3 is 89.9 Å². The first-order valence-electron chi connectivity index (χ1n) is 37.6. The van der Waals surface area contributed by atoms with Crippen LogP contribution in [0.4, 0.5) is 0 Å². The summed E-state index contributed by atoms with van der Waals surface area (Å²) < 4.78 is 34.4. The maximum absolute atomic E-state index is 13.4. The zero-order valence-electron chi connectivity index (χ0n) is 59.3. The standard InChI is InChI=1S/C78H133NO18/c1-3-5-7-9-11-13-15-17-19-21-23-25-27-28-29-30-31-32-34-36-38-40-42-44-46-48-50-52-54-56-66(84)79-61(62(83)55-53-51-49-47-45-43-41-39-37-35-33-26-24-22-20-18-16-14-12-10-8-6-4-2)60-92-76-72(90)69(87)74(64(58-81)94-76)97-78-73(91)70(88)75(65(59-82)95-78)96-77-71(89)68(86)67(85)63(57-80)93-77/h5,7,11,13,17,19,23,25,28-29,31-32,36,38,42,44,53,55,61-65,67-78,80-83,85-91H,3-4,6,8-10,12,14-16,18,20-22,24,26-27,30,33-35,37,39-41,43,45-52,54,56-60H2,1-2H3,(H,79,84)/b7-5-,13-11-,19-17-,25-23-,29-28-,32-31-,38-36-,44-42-,55-53+. The van der Waals surface area contributed by atoms with Crippen molar-refractivity contribution in [3.8, 4) is 0 Å². The number of carbonyl (C=O) groups excluding carboxylic acids is 1. The maximum atomic E-state index is 13.4. The van der Waals surface area contributed by atoms with Crippen LogP contribution in [0.3, 0.4) is 0 Å². The number of nitrogens with one attached hydrogen (secondary N) is 1. The molecule has 0 aromatic rings. The van der Waals surface area contributed by atoms with Crippen molar-refractivity contribution in [3.63, 3.8) is 0 Å². The Hall–Kier alpha value is -3.55. The van der Waals surface area contributed by atoms with Crippen molar-refractivity contribution in [2.75, 3.05) is 26.4 Å². The van der Waals surface area contributed by atoms with Gasteiger partial charge in [0.15, 0.2) is 18.9 Å². The lowest BCUT2D eigenvalue weighted by atomic mass is 9.96. The Morgan fingerprint density at radius 3 is 1.11 bits per heavy atom. The minimum absolute atomic E-state index is 0.207. The number of hydrogen-bond acceptors (Lipinski definition) is 18. The highest BCUT2D eigenvalue weighted by atomic mass is 16.8. The Labute approximate surface area is 583 Å². The SMILES string of the molecule is CC/C=C\C/C=C\C/C=C\C/C=C\C/C=C\C/C=C\C/C=C\C/C=C\CCCCCCC(=O)NC(COC1OC(CO)C(OC2OC(CO)C(OC3OC(CO)C(O)C(O)C3O)C(O)C2O)C(O)C1O)C(O)/C=C/CCCCCCCCCCCCCCCCCCCCCCC. The first kappa shape index (κ1) is 87.7. The predicted octanol–water partition coefficient (Wildman–Crippen LogP) is 11.4. The lowest BCUT2D eigenvalue weighted by Gasteiger charge is -2.48. The van der Waals surface area contributed by atoms with Gasteiger partial charge in [-0.3, -0.25) is 4.79 Å². The Kier molecular flexibility index (Phi) is 52.4. The molecule has 1 amide bonds. The van der Waals surface area contributed by atoms with Gasteiger partial charge in [0.1, 0.15) is 73.2 Å². The summed E-state index contributed by atoms with van der Waals surface area (Å²) in [6.07, 6.45) is 51.9. The van der Waals surface area contributed by atoms with Crippen LogP contribution in [0.15, 0.2) is 109 Å². The van der Waals surface area contributed by atoms with E-state index in [9.17, 15) is 61.0 Å². The topological polar surface area (TPSA) is 307 Å². The van der Waals surface area contributed by atoms with E-state index in [1.54, 1.807) is 6.08 Å². The minimum atomic E-state index is -1.99. The molecular weight excluding hydrogens is 1240 g/mol. The fourth-order valence-electron chi connectivity index (χ4n) is 12.0. The number of unbranched alkanes of at least 4 members (excludes halogenated alkanes) is 25. The van der Waals surface area contributed by atoms with E-state index in [1.807, 2.05) is 6.08 Å². The summed E-state index contributed by atoms with van der Waals surface area (Å²) >= 11 is 0. The third kappa shape index (κ3) is 38.9. The van der Waals surface area contributed by atoms with Gasteiger partial charge in [0, 0.05) is 6.42 Å². The first-order valence-corrected chi connectivity index (χ1v) is 37.6. The van der Waals surface area contributed by atoms with Gasteiger partial charge in [-0.2, -0.15) is 0 Å². The van der Waals surface area contributed by atoms with Crippen LogP contribution >= 0.6 is 0 Å². The van der Waals surface area contributed by atoms with Crippen LogP contribution in [0.1, 0.15) is 245 Å².